The number of benzene rings is 2. The molecule has 0 radical (unpaired) electrons. The van der Waals surface area contributed by atoms with Crippen LogP contribution in [0.5, 0.6) is 0 Å². The third kappa shape index (κ3) is 4.89. The molecule has 3 atom stereocenters. The fourth-order valence-corrected chi connectivity index (χ4v) is 5.85. The molecule has 0 bridgehead atoms. The maximum atomic E-state index is 12.9. The molecule has 2 aliphatic heterocycles. The highest BCUT2D eigenvalue weighted by atomic mass is 35.5. The molecular weight excluding hydrogens is 450 g/mol. The Bertz CT molecular complexity index is 1120. The van der Waals surface area contributed by atoms with E-state index in [1.165, 1.54) is 24.8 Å². The van der Waals surface area contributed by atoms with Crippen LogP contribution in [-0.4, -0.2) is 34.7 Å². The lowest BCUT2D eigenvalue weighted by molar-refractivity contribution is -0.136. The Morgan fingerprint density at radius 2 is 1.91 bits per heavy atom. The first-order valence-corrected chi connectivity index (χ1v) is 12.6. The van der Waals surface area contributed by atoms with E-state index in [1.54, 1.807) is 4.90 Å². The van der Waals surface area contributed by atoms with Crippen molar-refractivity contribution in [1.82, 2.24) is 15.5 Å². The Hall–Kier alpha value is -2.70. The van der Waals surface area contributed by atoms with Gasteiger partial charge in [-0.05, 0) is 60.4 Å². The van der Waals surface area contributed by atoms with Crippen LogP contribution < -0.4 is 10.6 Å². The zero-order chi connectivity index (χ0) is 23.7. The number of fused-ring (bicyclic) bond motifs is 1. The van der Waals surface area contributed by atoms with E-state index in [-0.39, 0.29) is 24.1 Å². The highest BCUT2D eigenvalue weighted by Gasteiger charge is 2.39. The minimum atomic E-state index is -0.573. The number of piperidine rings is 1. The second-order valence-electron chi connectivity index (χ2n) is 9.80. The predicted octanol–water partition coefficient (Wildman–Crippen LogP) is 3.99. The van der Waals surface area contributed by atoms with Crippen molar-refractivity contribution in [3.63, 3.8) is 0 Å². The van der Waals surface area contributed by atoms with Crippen molar-refractivity contribution < 1.29 is 14.4 Å². The lowest BCUT2D eigenvalue weighted by Gasteiger charge is -2.30. The molecule has 3 amide bonds. The van der Waals surface area contributed by atoms with E-state index in [4.69, 9.17) is 11.6 Å². The van der Waals surface area contributed by atoms with Crippen molar-refractivity contribution in [2.75, 3.05) is 0 Å². The van der Waals surface area contributed by atoms with Gasteiger partial charge in [0, 0.05) is 36.1 Å². The highest BCUT2D eigenvalue weighted by Crippen LogP contribution is 2.31. The smallest absolute Gasteiger partial charge is 0.255 e. The summed E-state index contributed by atoms with van der Waals surface area (Å²) in [6.45, 7) is 1.17. The molecule has 2 N–H and O–H groups in total. The average Bonchev–Trinajstić information content (AvgIpc) is 3.15. The predicted molar refractivity (Wildman–Crippen MR) is 130 cm³/mol. The summed E-state index contributed by atoms with van der Waals surface area (Å²) in [5, 5.41) is 6.94. The van der Waals surface area contributed by atoms with Gasteiger partial charge in [0.2, 0.25) is 11.8 Å². The van der Waals surface area contributed by atoms with Crippen LogP contribution in [-0.2, 0) is 29.1 Å². The number of carbonyl (C=O) groups excluding carboxylic acids is 3. The number of amides is 3. The van der Waals surface area contributed by atoms with Gasteiger partial charge in [-0.25, -0.2) is 0 Å². The van der Waals surface area contributed by atoms with E-state index in [2.05, 4.69) is 28.8 Å². The molecule has 0 aromatic heterocycles. The van der Waals surface area contributed by atoms with Crippen LogP contribution in [0.25, 0.3) is 0 Å². The van der Waals surface area contributed by atoms with E-state index in [0.717, 1.165) is 35.5 Å². The molecule has 1 aliphatic carbocycles. The topological polar surface area (TPSA) is 78.5 Å². The molecule has 2 fully saturated rings. The van der Waals surface area contributed by atoms with Gasteiger partial charge < -0.3 is 10.2 Å². The largest absolute Gasteiger partial charge is 0.322 e. The molecule has 2 aromatic rings. The minimum Gasteiger partial charge on any atom is -0.322 e. The number of rotatable bonds is 6. The molecule has 0 spiro atoms. The lowest BCUT2D eigenvalue weighted by Crippen LogP contribution is -2.52. The lowest BCUT2D eigenvalue weighted by atomic mass is 9.82. The summed E-state index contributed by atoms with van der Waals surface area (Å²) in [7, 11) is 0. The number of carbonyl (C=O) groups is 3. The Morgan fingerprint density at radius 3 is 2.74 bits per heavy atom. The average molecular weight is 480 g/mol. The molecule has 1 saturated heterocycles. The third-order valence-corrected chi connectivity index (χ3v) is 7.80. The van der Waals surface area contributed by atoms with Crippen molar-refractivity contribution >= 4 is 29.3 Å². The van der Waals surface area contributed by atoms with Crippen molar-refractivity contribution in [3.8, 4) is 0 Å². The van der Waals surface area contributed by atoms with Crippen LogP contribution in [0.4, 0.5) is 0 Å². The van der Waals surface area contributed by atoms with Gasteiger partial charge in [0.15, 0.2) is 0 Å². The number of imide groups is 1. The van der Waals surface area contributed by atoms with Crippen LogP contribution in [0.3, 0.4) is 0 Å². The van der Waals surface area contributed by atoms with Gasteiger partial charge >= 0.3 is 0 Å². The minimum absolute atomic E-state index is 0.126. The van der Waals surface area contributed by atoms with Crippen molar-refractivity contribution in [2.24, 2.45) is 5.92 Å². The van der Waals surface area contributed by atoms with Crippen LogP contribution in [0.1, 0.15) is 65.6 Å². The van der Waals surface area contributed by atoms with Gasteiger partial charge in [0.1, 0.15) is 6.04 Å². The zero-order valence-corrected chi connectivity index (χ0v) is 19.9. The first-order valence-electron chi connectivity index (χ1n) is 12.2. The monoisotopic (exact) mass is 479 g/mol. The summed E-state index contributed by atoms with van der Waals surface area (Å²) in [6, 6.07) is 14.0. The standard InChI is InChI=1S/C27H30ClN3O3/c28-23-7-2-1-5-19(23)12-17-4-3-6-21(14-17)29-15-18-8-9-22-20(13-18)16-31(27(22)34)24-10-11-25(32)30-26(24)33/h1-2,5,7-9,13,17,21,24,29H,3-4,6,10-12,14-16H2,(H,30,32,33)/t17-,21-,24?/m1/s1. The second-order valence-corrected chi connectivity index (χ2v) is 10.2. The van der Waals surface area contributed by atoms with E-state index in [0.29, 0.717) is 30.5 Å². The maximum Gasteiger partial charge on any atom is 0.255 e. The molecule has 34 heavy (non-hydrogen) atoms. The molecule has 3 aliphatic rings. The first kappa shape index (κ1) is 23.1. The second kappa shape index (κ2) is 9.88. The molecule has 1 saturated carbocycles. The van der Waals surface area contributed by atoms with Gasteiger partial charge in [0.25, 0.3) is 5.91 Å². The Labute approximate surface area is 205 Å². The van der Waals surface area contributed by atoms with E-state index < -0.39 is 6.04 Å². The molecule has 6 nitrogen and oxygen atoms in total. The van der Waals surface area contributed by atoms with Crippen LogP contribution >= 0.6 is 11.6 Å². The van der Waals surface area contributed by atoms with E-state index >= 15 is 0 Å². The number of halogens is 1. The van der Waals surface area contributed by atoms with E-state index in [1.807, 2.05) is 24.3 Å². The summed E-state index contributed by atoms with van der Waals surface area (Å²) in [5.74, 6) is -0.136. The van der Waals surface area contributed by atoms with Crippen molar-refractivity contribution in [2.45, 2.75) is 70.1 Å². The summed E-state index contributed by atoms with van der Waals surface area (Å²) in [6.07, 6.45) is 6.44. The molecular formula is C27H30ClN3O3. The number of hydrogen-bond acceptors (Lipinski definition) is 4. The van der Waals surface area contributed by atoms with Gasteiger partial charge in [0.05, 0.1) is 0 Å². The highest BCUT2D eigenvalue weighted by molar-refractivity contribution is 6.31. The SMILES string of the molecule is O=C1CCC(N2Cc3cc(CN[C@@H]4CCC[C@H](Cc5ccccc5Cl)C4)ccc3C2=O)C(=O)N1. The van der Waals surface area contributed by atoms with Crippen LogP contribution in [0.15, 0.2) is 42.5 Å². The fraction of sp³-hybridized carbons (Fsp3) is 0.444. The Morgan fingerprint density at radius 1 is 1.06 bits per heavy atom. The molecule has 7 heteroatoms. The van der Waals surface area contributed by atoms with Crippen LogP contribution in [0, 0.1) is 5.92 Å². The van der Waals surface area contributed by atoms with Gasteiger partial charge in [-0.1, -0.05) is 54.8 Å². The van der Waals surface area contributed by atoms with Crippen LogP contribution in [0.2, 0.25) is 5.02 Å². The Kier molecular flexibility index (Phi) is 6.70. The zero-order valence-electron chi connectivity index (χ0n) is 19.2. The van der Waals surface area contributed by atoms with Crippen molar-refractivity contribution in [1.29, 1.82) is 0 Å². The maximum absolute atomic E-state index is 12.9. The normalized spacial score (nSPS) is 24.8. The summed E-state index contributed by atoms with van der Waals surface area (Å²) in [5.41, 5.74) is 3.99. The molecule has 1 unspecified atom stereocenters. The number of nitrogens with zero attached hydrogens (tertiary/aromatic N) is 1. The summed E-state index contributed by atoms with van der Waals surface area (Å²) in [4.78, 5) is 38.2. The number of nitrogens with one attached hydrogen (secondary N) is 2. The number of hydrogen-bond donors (Lipinski definition) is 2. The van der Waals surface area contributed by atoms with Crippen molar-refractivity contribution in [3.05, 3.63) is 69.7 Å². The van der Waals surface area contributed by atoms with Gasteiger partial charge in [-0.15, -0.1) is 0 Å². The Balaban J connectivity index is 1.18. The van der Waals surface area contributed by atoms with Gasteiger partial charge in [-0.3, -0.25) is 19.7 Å². The fourth-order valence-electron chi connectivity index (χ4n) is 5.64. The molecule has 2 aromatic carbocycles. The third-order valence-electron chi connectivity index (χ3n) is 7.43. The first-order chi connectivity index (χ1) is 16.5. The molecule has 5 rings (SSSR count). The molecule has 178 valence electrons. The van der Waals surface area contributed by atoms with Gasteiger partial charge in [-0.2, -0.15) is 0 Å². The summed E-state index contributed by atoms with van der Waals surface area (Å²) >= 11 is 6.37. The molecule has 2 heterocycles. The summed E-state index contributed by atoms with van der Waals surface area (Å²) < 4.78 is 0. The quantitative estimate of drug-likeness (QED) is 0.614. The van der Waals surface area contributed by atoms with E-state index in [9.17, 15) is 14.4 Å².